The van der Waals surface area contributed by atoms with Crippen molar-refractivity contribution in [3.8, 4) is 0 Å². The van der Waals surface area contributed by atoms with E-state index < -0.39 is 0 Å². The number of piperidine rings is 1. The summed E-state index contributed by atoms with van der Waals surface area (Å²) in [5.41, 5.74) is 2.20. The van der Waals surface area contributed by atoms with Crippen LogP contribution >= 0.6 is 0 Å². The Kier molecular flexibility index (Phi) is 4.47. The van der Waals surface area contributed by atoms with E-state index >= 15 is 0 Å². The van der Waals surface area contributed by atoms with Crippen LogP contribution < -0.4 is 0 Å². The third-order valence-corrected chi connectivity index (χ3v) is 4.26. The van der Waals surface area contributed by atoms with E-state index in [1.165, 1.54) is 0 Å². The van der Waals surface area contributed by atoms with Crippen molar-refractivity contribution in [1.29, 1.82) is 0 Å². The fraction of sp³-hybridized carbons (Fsp3) is 0.389. The molecule has 2 aromatic rings. The summed E-state index contributed by atoms with van der Waals surface area (Å²) in [5.74, 6) is 1.49. The van der Waals surface area contributed by atoms with Crippen LogP contribution in [0.15, 0.2) is 42.6 Å². The third kappa shape index (κ3) is 3.50. The fourth-order valence-electron chi connectivity index (χ4n) is 3.01. The van der Waals surface area contributed by atoms with Gasteiger partial charge in [0.15, 0.2) is 0 Å². The van der Waals surface area contributed by atoms with E-state index in [4.69, 9.17) is 0 Å². The van der Waals surface area contributed by atoms with E-state index in [0.717, 1.165) is 43.0 Å². The largest absolute Gasteiger partial charge is 0.342 e. The first-order valence-corrected chi connectivity index (χ1v) is 7.83. The summed E-state index contributed by atoms with van der Waals surface area (Å²) in [6.45, 7) is 3.56. The Morgan fingerprint density at radius 1 is 1.18 bits per heavy atom. The van der Waals surface area contributed by atoms with Gasteiger partial charge >= 0.3 is 0 Å². The average molecular weight is 295 g/mol. The number of carbonyl (C=O) groups excluding carboxylic acids is 1. The van der Waals surface area contributed by atoms with Crippen molar-refractivity contribution in [2.45, 2.75) is 32.1 Å². The monoisotopic (exact) mass is 295 g/mol. The second-order valence-electron chi connectivity index (χ2n) is 5.85. The summed E-state index contributed by atoms with van der Waals surface area (Å²) in [5, 5.41) is 0. The normalized spacial score (nSPS) is 15.8. The van der Waals surface area contributed by atoms with Crippen molar-refractivity contribution in [2.75, 3.05) is 13.1 Å². The average Bonchev–Trinajstić information content (AvgIpc) is 2.56. The molecule has 0 radical (unpaired) electrons. The van der Waals surface area contributed by atoms with Crippen LogP contribution in [0, 0.1) is 6.92 Å². The molecule has 4 heteroatoms. The maximum atomic E-state index is 12.4. The molecule has 0 bridgehead atoms. The lowest BCUT2D eigenvalue weighted by Gasteiger charge is -2.32. The first-order valence-electron chi connectivity index (χ1n) is 7.83. The zero-order chi connectivity index (χ0) is 15.4. The minimum absolute atomic E-state index is 0.225. The number of hydrogen-bond donors (Lipinski definition) is 0. The number of likely N-dealkylation sites (tertiary alicyclic amines) is 1. The highest BCUT2D eigenvalue weighted by Crippen LogP contribution is 2.26. The molecule has 0 N–H and O–H groups in total. The second kappa shape index (κ2) is 6.69. The second-order valence-corrected chi connectivity index (χ2v) is 5.85. The standard InChI is InChI=1S/C18H21N3O/c1-14-19-10-7-17(20-14)16-8-11-21(12-9-16)18(22)13-15-5-3-2-4-6-15/h2-7,10,16H,8-9,11-13H2,1H3. The summed E-state index contributed by atoms with van der Waals surface area (Å²) in [7, 11) is 0. The number of rotatable bonds is 3. The van der Waals surface area contributed by atoms with Crippen LogP contribution in [0.5, 0.6) is 0 Å². The fourth-order valence-corrected chi connectivity index (χ4v) is 3.01. The molecule has 1 aromatic heterocycles. The number of benzene rings is 1. The van der Waals surface area contributed by atoms with Crippen molar-refractivity contribution in [1.82, 2.24) is 14.9 Å². The van der Waals surface area contributed by atoms with Gasteiger partial charge in [0.2, 0.25) is 5.91 Å². The van der Waals surface area contributed by atoms with E-state index in [0.29, 0.717) is 12.3 Å². The number of aromatic nitrogens is 2. The van der Waals surface area contributed by atoms with Gasteiger partial charge in [0.1, 0.15) is 5.82 Å². The van der Waals surface area contributed by atoms with Crippen LogP contribution in [0.4, 0.5) is 0 Å². The van der Waals surface area contributed by atoms with Gasteiger partial charge in [-0.25, -0.2) is 9.97 Å². The van der Waals surface area contributed by atoms with Gasteiger partial charge in [-0.05, 0) is 31.4 Å². The topological polar surface area (TPSA) is 46.1 Å². The Hall–Kier alpha value is -2.23. The quantitative estimate of drug-likeness (QED) is 0.874. The first-order chi connectivity index (χ1) is 10.7. The Morgan fingerprint density at radius 3 is 2.59 bits per heavy atom. The molecule has 1 fully saturated rings. The molecule has 1 aromatic carbocycles. The van der Waals surface area contributed by atoms with Crippen LogP contribution in [0.1, 0.15) is 35.8 Å². The molecule has 0 atom stereocenters. The van der Waals surface area contributed by atoms with Gasteiger partial charge in [0.05, 0.1) is 6.42 Å². The predicted octanol–water partition coefficient (Wildman–Crippen LogP) is 2.73. The smallest absolute Gasteiger partial charge is 0.226 e. The van der Waals surface area contributed by atoms with Crippen LogP contribution in [0.3, 0.4) is 0 Å². The number of nitrogens with zero attached hydrogens (tertiary/aromatic N) is 3. The lowest BCUT2D eigenvalue weighted by Crippen LogP contribution is -2.38. The third-order valence-electron chi connectivity index (χ3n) is 4.26. The molecule has 2 heterocycles. The zero-order valence-corrected chi connectivity index (χ0v) is 12.9. The predicted molar refractivity (Wildman–Crippen MR) is 85.5 cm³/mol. The van der Waals surface area contributed by atoms with Gasteiger partial charge in [-0.3, -0.25) is 4.79 Å². The van der Waals surface area contributed by atoms with Gasteiger partial charge in [0, 0.05) is 30.9 Å². The number of amides is 1. The molecule has 0 aliphatic carbocycles. The highest BCUT2D eigenvalue weighted by molar-refractivity contribution is 5.78. The Labute approximate surface area is 131 Å². The van der Waals surface area contributed by atoms with Gasteiger partial charge < -0.3 is 4.90 Å². The molecular formula is C18H21N3O. The molecule has 3 rings (SSSR count). The highest BCUT2D eigenvalue weighted by atomic mass is 16.2. The minimum Gasteiger partial charge on any atom is -0.342 e. The minimum atomic E-state index is 0.225. The van der Waals surface area contributed by atoms with Crippen LogP contribution in [-0.4, -0.2) is 33.9 Å². The van der Waals surface area contributed by atoms with Gasteiger partial charge in [0.25, 0.3) is 0 Å². The van der Waals surface area contributed by atoms with Gasteiger partial charge in [-0.2, -0.15) is 0 Å². The lowest BCUT2D eigenvalue weighted by atomic mass is 9.93. The highest BCUT2D eigenvalue weighted by Gasteiger charge is 2.24. The Bertz CT molecular complexity index is 634. The van der Waals surface area contributed by atoms with Crippen LogP contribution in [-0.2, 0) is 11.2 Å². The summed E-state index contributed by atoms with van der Waals surface area (Å²) in [6, 6.07) is 11.9. The maximum Gasteiger partial charge on any atom is 0.226 e. The van der Waals surface area contributed by atoms with E-state index in [2.05, 4.69) is 9.97 Å². The van der Waals surface area contributed by atoms with Crippen molar-refractivity contribution >= 4 is 5.91 Å². The first kappa shape index (κ1) is 14.7. The van der Waals surface area contributed by atoms with E-state index in [9.17, 15) is 4.79 Å². The molecule has 22 heavy (non-hydrogen) atoms. The molecule has 0 saturated carbocycles. The van der Waals surface area contributed by atoms with Crippen molar-refractivity contribution in [3.63, 3.8) is 0 Å². The van der Waals surface area contributed by atoms with Crippen LogP contribution in [0.25, 0.3) is 0 Å². The van der Waals surface area contributed by atoms with Gasteiger partial charge in [-0.15, -0.1) is 0 Å². The lowest BCUT2D eigenvalue weighted by molar-refractivity contribution is -0.131. The molecule has 4 nitrogen and oxygen atoms in total. The molecule has 1 saturated heterocycles. The molecule has 0 spiro atoms. The number of aryl methyl sites for hydroxylation is 1. The molecule has 1 amide bonds. The van der Waals surface area contributed by atoms with E-state index in [-0.39, 0.29) is 5.91 Å². The van der Waals surface area contributed by atoms with E-state index in [1.807, 2.05) is 54.4 Å². The molecular weight excluding hydrogens is 274 g/mol. The summed E-state index contributed by atoms with van der Waals surface area (Å²) in [4.78, 5) is 23.0. The molecule has 114 valence electrons. The maximum absolute atomic E-state index is 12.4. The zero-order valence-electron chi connectivity index (χ0n) is 12.9. The Morgan fingerprint density at radius 2 is 1.91 bits per heavy atom. The SMILES string of the molecule is Cc1nccc(C2CCN(C(=O)Cc3ccccc3)CC2)n1. The summed E-state index contributed by atoms with van der Waals surface area (Å²) in [6.07, 6.45) is 4.29. The van der Waals surface area contributed by atoms with E-state index in [1.54, 1.807) is 0 Å². The van der Waals surface area contributed by atoms with Crippen molar-refractivity contribution in [2.24, 2.45) is 0 Å². The van der Waals surface area contributed by atoms with Crippen LogP contribution in [0.2, 0.25) is 0 Å². The summed E-state index contributed by atoms with van der Waals surface area (Å²) >= 11 is 0. The molecule has 1 aliphatic heterocycles. The van der Waals surface area contributed by atoms with Crippen molar-refractivity contribution < 1.29 is 4.79 Å². The number of hydrogen-bond acceptors (Lipinski definition) is 3. The molecule has 1 aliphatic rings. The summed E-state index contributed by atoms with van der Waals surface area (Å²) < 4.78 is 0. The molecule has 0 unspecified atom stereocenters. The number of carbonyl (C=O) groups is 1. The van der Waals surface area contributed by atoms with Gasteiger partial charge in [-0.1, -0.05) is 30.3 Å². The Balaban J connectivity index is 1.56. The van der Waals surface area contributed by atoms with Crippen molar-refractivity contribution in [3.05, 3.63) is 59.7 Å².